The summed E-state index contributed by atoms with van der Waals surface area (Å²) in [6, 6.07) is 12.3. The quantitative estimate of drug-likeness (QED) is 0.522. The Hall–Kier alpha value is -3.52. The Morgan fingerprint density at radius 2 is 1.91 bits per heavy atom. The van der Waals surface area contributed by atoms with Crippen LogP contribution in [0.5, 0.6) is 11.5 Å². The number of nitrogens with one attached hydrogen (secondary N) is 2. The van der Waals surface area contributed by atoms with Gasteiger partial charge < -0.3 is 30.4 Å². The maximum atomic E-state index is 13.8. The minimum atomic E-state index is -0.564. The topological polar surface area (TPSA) is 110 Å². The van der Waals surface area contributed by atoms with Crippen molar-refractivity contribution in [3.05, 3.63) is 59.3 Å². The number of hydrogen-bond acceptors (Lipinski definition) is 5. The monoisotopic (exact) mass is 446 g/mol. The second-order valence-electron chi connectivity index (χ2n) is 8.89. The molecule has 3 aromatic rings. The minimum Gasteiger partial charge on any atom is -0.454 e. The molecule has 33 heavy (non-hydrogen) atoms. The average molecular weight is 447 g/mol. The number of fused-ring (bicyclic) bond motifs is 5. The number of unbranched alkanes of at least 4 members (excludes halogenated alkanes) is 1. The number of carbonyl (C=O) groups is 2. The number of ether oxygens (including phenoxy) is 2. The first-order chi connectivity index (χ1) is 16.2. The largest absolute Gasteiger partial charge is 0.454 e. The normalized spacial score (nSPS) is 23.4. The molecule has 3 aliphatic rings. The van der Waals surface area contributed by atoms with Crippen molar-refractivity contribution < 1.29 is 19.1 Å². The number of amides is 2. The molecule has 0 spiro atoms. The molecule has 4 heterocycles. The number of aromatic nitrogens is 1. The summed E-state index contributed by atoms with van der Waals surface area (Å²) in [6.45, 7) is 0.747. The third kappa shape index (κ3) is 3.16. The number of rotatable bonds is 5. The number of aromatic amines is 1. The zero-order valence-electron chi connectivity index (χ0n) is 18.2. The van der Waals surface area contributed by atoms with Crippen molar-refractivity contribution in [2.24, 2.45) is 5.73 Å². The summed E-state index contributed by atoms with van der Waals surface area (Å²) in [7, 11) is 0. The molecule has 3 aliphatic heterocycles. The van der Waals surface area contributed by atoms with E-state index in [0.717, 1.165) is 40.6 Å². The van der Waals surface area contributed by atoms with Gasteiger partial charge in [0.1, 0.15) is 12.1 Å². The van der Waals surface area contributed by atoms with Crippen LogP contribution in [-0.4, -0.2) is 47.1 Å². The number of H-pyrrole nitrogens is 1. The van der Waals surface area contributed by atoms with Gasteiger partial charge >= 0.3 is 0 Å². The fourth-order valence-corrected chi connectivity index (χ4v) is 5.39. The van der Waals surface area contributed by atoms with Gasteiger partial charge in [0.2, 0.25) is 18.6 Å². The lowest BCUT2D eigenvalue weighted by Crippen LogP contribution is -2.65. The summed E-state index contributed by atoms with van der Waals surface area (Å²) in [5, 5.41) is 4.07. The van der Waals surface area contributed by atoms with Gasteiger partial charge in [0, 0.05) is 23.0 Å². The third-order valence-corrected chi connectivity index (χ3v) is 6.96. The van der Waals surface area contributed by atoms with E-state index in [1.54, 1.807) is 4.90 Å². The molecule has 0 radical (unpaired) electrons. The molecule has 8 heteroatoms. The lowest BCUT2D eigenvalue weighted by Gasteiger charge is -2.46. The summed E-state index contributed by atoms with van der Waals surface area (Å²) in [5.41, 5.74) is 9.56. The molecular weight excluding hydrogens is 420 g/mol. The van der Waals surface area contributed by atoms with Crippen molar-refractivity contribution in [2.45, 2.75) is 43.8 Å². The van der Waals surface area contributed by atoms with Crippen molar-refractivity contribution in [1.29, 1.82) is 0 Å². The van der Waals surface area contributed by atoms with Crippen LogP contribution < -0.4 is 20.5 Å². The van der Waals surface area contributed by atoms with Gasteiger partial charge in [0.15, 0.2) is 11.5 Å². The zero-order valence-corrected chi connectivity index (χ0v) is 18.2. The van der Waals surface area contributed by atoms with E-state index >= 15 is 0 Å². The van der Waals surface area contributed by atoms with E-state index in [4.69, 9.17) is 15.2 Å². The molecule has 3 atom stereocenters. The number of benzene rings is 2. The molecular formula is C25H26N4O4. The van der Waals surface area contributed by atoms with E-state index < -0.39 is 18.1 Å². The maximum Gasteiger partial charge on any atom is 0.246 e. The lowest BCUT2D eigenvalue weighted by molar-refractivity contribution is -0.152. The molecule has 2 aromatic carbocycles. The van der Waals surface area contributed by atoms with Crippen LogP contribution in [0.15, 0.2) is 42.5 Å². The third-order valence-electron chi connectivity index (χ3n) is 6.96. The molecule has 2 amide bonds. The fraction of sp³-hybridized carbons (Fsp3) is 0.360. The first-order valence-electron chi connectivity index (χ1n) is 11.5. The Bertz CT molecular complexity index is 1250. The first kappa shape index (κ1) is 20.1. The molecule has 6 rings (SSSR count). The fourth-order valence-electron chi connectivity index (χ4n) is 5.39. The summed E-state index contributed by atoms with van der Waals surface area (Å²) in [4.78, 5) is 32.3. The van der Waals surface area contributed by atoms with Crippen LogP contribution in [0.25, 0.3) is 10.9 Å². The Morgan fingerprint density at radius 3 is 2.79 bits per heavy atom. The van der Waals surface area contributed by atoms with Crippen LogP contribution in [0.3, 0.4) is 0 Å². The van der Waals surface area contributed by atoms with Gasteiger partial charge in [-0.15, -0.1) is 0 Å². The molecule has 4 N–H and O–H groups in total. The van der Waals surface area contributed by atoms with Crippen molar-refractivity contribution in [3.63, 3.8) is 0 Å². The van der Waals surface area contributed by atoms with Gasteiger partial charge in [-0.2, -0.15) is 0 Å². The van der Waals surface area contributed by atoms with Crippen LogP contribution in [0.4, 0.5) is 0 Å². The lowest BCUT2D eigenvalue weighted by atomic mass is 9.85. The number of carbonyl (C=O) groups excluding carboxylic acids is 2. The van der Waals surface area contributed by atoms with Gasteiger partial charge in [-0.05, 0) is 55.1 Å². The highest BCUT2D eigenvalue weighted by Crippen LogP contribution is 2.44. The van der Waals surface area contributed by atoms with Crippen molar-refractivity contribution in [1.82, 2.24) is 15.2 Å². The highest BCUT2D eigenvalue weighted by atomic mass is 16.7. The van der Waals surface area contributed by atoms with Crippen LogP contribution in [0, 0.1) is 0 Å². The van der Waals surface area contributed by atoms with Gasteiger partial charge in [0.25, 0.3) is 0 Å². The molecule has 0 saturated carbocycles. The highest BCUT2D eigenvalue weighted by Gasteiger charge is 2.49. The van der Waals surface area contributed by atoms with Crippen LogP contribution in [-0.2, 0) is 16.0 Å². The molecule has 1 saturated heterocycles. The van der Waals surface area contributed by atoms with Crippen molar-refractivity contribution >= 4 is 22.7 Å². The standard InChI is InChI=1S/C25H26N4O4/c26-10-4-3-7-18-25(31)29-19(24(30)28-18)12-16-15-5-1-2-6-17(15)27-22(16)23(29)14-8-9-20-21(11-14)33-13-32-20/h1-2,5-6,8-9,11,18-19,23,27H,3-4,7,10,12-13,26H2,(H,28,30)/t18-,19+,23+/m0/s1. The first-order valence-corrected chi connectivity index (χ1v) is 11.5. The molecule has 170 valence electrons. The Morgan fingerprint density at radius 1 is 1.06 bits per heavy atom. The SMILES string of the molecule is NCCCC[C@@H]1NC(=O)[C@H]2Cc3c([nH]c4ccccc34)[C@@H](c3ccc4c(c3)OCO4)N2C1=O. The van der Waals surface area contributed by atoms with Gasteiger partial charge in [0.05, 0.1) is 6.04 Å². The van der Waals surface area contributed by atoms with E-state index in [-0.39, 0.29) is 18.6 Å². The summed E-state index contributed by atoms with van der Waals surface area (Å²) >= 11 is 0. The minimum absolute atomic E-state index is 0.0522. The summed E-state index contributed by atoms with van der Waals surface area (Å²) < 4.78 is 11.1. The summed E-state index contributed by atoms with van der Waals surface area (Å²) in [5.74, 6) is 1.18. The smallest absolute Gasteiger partial charge is 0.246 e. The van der Waals surface area contributed by atoms with Crippen LogP contribution >= 0.6 is 0 Å². The average Bonchev–Trinajstić information content (AvgIpc) is 3.45. The second-order valence-corrected chi connectivity index (χ2v) is 8.89. The van der Waals surface area contributed by atoms with E-state index in [9.17, 15) is 9.59 Å². The zero-order chi connectivity index (χ0) is 22.5. The molecule has 0 bridgehead atoms. The molecule has 8 nitrogen and oxygen atoms in total. The number of piperazine rings is 1. The summed E-state index contributed by atoms with van der Waals surface area (Å²) in [6.07, 6.45) is 2.67. The molecule has 0 unspecified atom stereocenters. The van der Waals surface area contributed by atoms with E-state index in [1.807, 2.05) is 36.4 Å². The number of hydrogen-bond donors (Lipinski definition) is 3. The van der Waals surface area contributed by atoms with E-state index in [0.29, 0.717) is 30.9 Å². The van der Waals surface area contributed by atoms with Gasteiger partial charge in [-0.3, -0.25) is 9.59 Å². The Kier molecular flexibility index (Phi) is 4.76. The predicted molar refractivity (Wildman–Crippen MR) is 122 cm³/mol. The van der Waals surface area contributed by atoms with Crippen molar-refractivity contribution in [2.75, 3.05) is 13.3 Å². The number of nitrogens with zero attached hydrogens (tertiary/aromatic N) is 1. The Balaban J connectivity index is 1.49. The highest BCUT2D eigenvalue weighted by molar-refractivity contribution is 5.99. The molecule has 1 fully saturated rings. The van der Waals surface area contributed by atoms with Crippen LogP contribution in [0.2, 0.25) is 0 Å². The number of para-hydroxylation sites is 1. The van der Waals surface area contributed by atoms with Gasteiger partial charge in [-0.1, -0.05) is 24.3 Å². The molecule has 0 aliphatic carbocycles. The number of nitrogens with two attached hydrogens (primary N) is 1. The maximum absolute atomic E-state index is 13.8. The van der Waals surface area contributed by atoms with Crippen molar-refractivity contribution in [3.8, 4) is 11.5 Å². The van der Waals surface area contributed by atoms with E-state index in [2.05, 4.69) is 16.4 Å². The molecule has 1 aromatic heterocycles. The van der Waals surface area contributed by atoms with Crippen LogP contribution in [0.1, 0.15) is 42.1 Å². The van der Waals surface area contributed by atoms with E-state index in [1.165, 1.54) is 0 Å². The second kappa shape index (κ2) is 7.81. The van der Waals surface area contributed by atoms with Gasteiger partial charge in [-0.25, -0.2) is 0 Å². The predicted octanol–water partition coefficient (Wildman–Crippen LogP) is 2.37. The Labute approximate surface area is 191 Å².